The predicted molar refractivity (Wildman–Crippen MR) is 61.5 cm³/mol. The lowest BCUT2D eigenvalue weighted by molar-refractivity contribution is -0.119. The Labute approximate surface area is 97.5 Å². The number of halogens is 3. The minimum Gasteiger partial charge on any atom is -0.384 e. The minimum atomic E-state index is -4.29. The fraction of sp³-hybridized carbons (Fsp3) is 0.364. The molecule has 0 aliphatic rings. The molecular weight excluding hydrogens is 231 g/mol. The molecule has 3 nitrogen and oxygen atoms in total. The first-order chi connectivity index (χ1) is 7.70. The molecule has 0 amide bonds. The van der Waals surface area contributed by atoms with Crippen LogP contribution in [0.4, 0.5) is 18.9 Å². The summed E-state index contributed by atoms with van der Waals surface area (Å²) in [6.07, 6.45) is -4.29. The van der Waals surface area contributed by atoms with Crippen LogP contribution < -0.4 is 10.6 Å². The molecule has 0 atom stereocenters. The van der Waals surface area contributed by atoms with Crippen LogP contribution in [0.3, 0.4) is 0 Å². The van der Waals surface area contributed by atoms with Crippen molar-refractivity contribution in [3.8, 4) is 0 Å². The van der Waals surface area contributed by atoms with Crippen LogP contribution in [0.2, 0.25) is 0 Å². The van der Waals surface area contributed by atoms with Gasteiger partial charge in [0, 0.05) is 18.3 Å². The van der Waals surface area contributed by atoms with Gasteiger partial charge < -0.3 is 10.6 Å². The van der Waals surface area contributed by atoms with Crippen LogP contribution in [0.15, 0.2) is 18.2 Å². The maximum absolute atomic E-state index is 12.3. The number of aryl methyl sites for hydroxylation is 1. The van der Waals surface area contributed by atoms with E-state index in [1.807, 2.05) is 0 Å². The number of anilines is 1. The molecule has 1 aromatic rings. The van der Waals surface area contributed by atoms with Gasteiger partial charge in [-0.15, -0.1) is 0 Å². The third-order valence-electron chi connectivity index (χ3n) is 2.27. The lowest BCUT2D eigenvalue weighted by Crippen LogP contribution is -2.32. The van der Waals surface area contributed by atoms with E-state index in [0.29, 0.717) is 11.3 Å². The van der Waals surface area contributed by atoms with Crippen LogP contribution in [-0.4, -0.2) is 25.6 Å². The van der Waals surface area contributed by atoms with E-state index in [0.717, 1.165) is 10.5 Å². The number of alkyl halides is 3. The number of nitrogens with zero attached hydrogens (tertiary/aromatic N) is 1. The molecule has 0 aliphatic heterocycles. The number of nitrogens with one attached hydrogen (secondary N) is 1. The molecule has 0 saturated carbocycles. The molecule has 0 spiro atoms. The van der Waals surface area contributed by atoms with Crippen molar-refractivity contribution in [3.63, 3.8) is 0 Å². The predicted octanol–water partition coefficient (Wildman–Crippen LogP) is 2.28. The summed E-state index contributed by atoms with van der Waals surface area (Å²) in [5.74, 6) is -0.242. The Hall–Kier alpha value is -1.72. The highest BCUT2D eigenvalue weighted by atomic mass is 19.4. The van der Waals surface area contributed by atoms with Gasteiger partial charge in [-0.05, 0) is 24.6 Å². The highest BCUT2D eigenvalue weighted by Gasteiger charge is 2.30. The second kappa shape index (κ2) is 4.65. The molecule has 0 radical (unpaired) electrons. The average Bonchev–Trinajstić information content (AvgIpc) is 2.14. The fourth-order valence-corrected chi connectivity index (χ4v) is 1.54. The summed E-state index contributed by atoms with van der Waals surface area (Å²) in [6.45, 7) is 0.700. The molecule has 0 fully saturated rings. The monoisotopic (exact) mass is 245 g/mol. The first-order valence-electron chi connectivity index (χ1n) is 4.93. The summed E-state index contributed by atoms with van der Waals surface area (Å²) in [4.78, 5) is 1.05. The van der Waals surface area contributed by atoms with E-state index >= 15 is 0 Å². The van der Waals surface area contributed by atoms with E-state index < -0.39 is 12.7 Å². The van der Waals surface area contributed by atoms with Gasteiger partial charge in [0.15, 0.2) is 0 Å². The molecular formula is C11H14F3N3. The molecule has 1 aromatic carbocycles. The lowest BCUT2D eigenvalue weighted by Gasteiger charge is -2.23. The zero-order valence-corrected chi connectivity index (χ0v) is 9.60. The quantitative estimate of drug-likeness (QED) is 0.634. The van der Waals surface area contributed by atoms with E-state index in [2.05, 4.69) is 0 Å². The third kappa shape index (κ3) is 3.65. The molecule has 6 heteroatoms. The molecule has 0 aliphatic carbocycles. The van der Waals surface area contributed by atoms with E-state index in [1.54, 1.807) is 25.1 Å². The highest BCUT2D eigenvalue weighted by Crippen LogP contribution is 2.25. The number of nitrogen functional groups attached to an aromatic ring is 1. The van der Waals surface area contributed by atoms with Crippen molar-refractivity contribution in [3.05, 3.63) is 29.3 Å². The van der Waals surface area contributed by atoms with Crippen molar-refractivity contribution in [1.29, 1.82) is 5.41 Å². The largest absolute Gasteiger partial charge is 0.405 e. The van der Waals surface area contributed by atoms with Gasteiger partial charge >= 0.3 is 6.18 Å². The summed E-state index contributed by atoms with van der Waals surface area (Å²) in [7, 11) is 1.33. The van der Waals surface area contributed by atoms with Crippen molar-refractivity contribution >= 4 is 11.5 Å². The summed E-state index contributed by atoms with van der Waals surface area (Å²) in [5, 5.41) is 7.34. The van der Waals surface area contributed by atoms with Gasteiger partial charge in [-0.2, -0.15) is 13.2 Å². The second-order valence-electron chi connectivity index (χ2n) is 3.91. The van der Waals surface area contributed by atoms with E-state index in [-0.39, 0.29) is 5.84 Å². The fourth-order valence-electron chi connectivity index (χ4n) is 1.54. The molecule has 1 rings (SSSR count). The number of nitrogens with two attached hydrogens (primary N) is 1. The first-order valence-corrected chi connectivity index (χ1v) is 4.93. The smallest absolute Gasteiger partial charge is 0.384 e. The summed E-state index contributed by atoms with van der Waals surface area (Å²) in [6, 6.07) is 4.85. The molecule has 17 heavy (non-hydrogen) atoms. The van der Waals surface area contributed by atoms with Crippen molar-refractivity contribution in [1.82, 2.24) is 0 Å². The number of rotatable bonds is 3. The second-order valence-corrected chi connectivity index (χ2v) is 3.91. The lowest BCUT2D eigenvalue weighted by atomic mass is 10.1. The van der Waals surface area contributed by atoms with Gasteiger partial charge in [0.05, 0.1) is 0 Å². The van der Waals surface area contributed by atoms with Crippen LogP contribution in [0.5, 0.6) is 0 Å². The van der Waals surface area contributed by atoms with Gasteiger partial charge in [0.1, 0.15) is 12.4 Å². The van der Waals surface area contributed by atoms with Crippen LogP contribution in [0.1, 0.15) is 11.1 Å². The van der Waals surface area contributed by atoms with Gasteiger partial charge in [0.25, 0.3) is 0 Å². The number of benzene rings is 1. The van der Waals surface area contributed by atoms with Crippen LogP contribution in [0, 0.1) is 12.3 Å². The standard InChI is InChI=1S/C11H14F3N3/c1-7-3-4-8(10(15)16)9(5-7)17(2)6-11(12,13)14/h3-5H,6H2,1-2H3,(H3,15,16). The Balaban J connectivity index is 3.10. The zero-order valence-electron chi connectivity index (χ0n) is 9.60. The van der Waals surface area contributed by atoms with Crippen molar-refractivity contribution in [2.24, 2.45) is 5.73 Å². The normalized spacial score (nSPS) is 11.4. The first kappa shape index (κ1) is 13.3. The van der Waals surface area contributed by atoms with Gasteiger partial charge in [-0.25, -0.2) is 0 Å². The van der Waals surface area contributed by atoms with E-state index in [9.17, 15) is 13.2 Å². The van der Waals surface area contributed by atoms with E-state index in [1.165, 1.54) is 7.05 Å². The number of hydrogen-bond acceptors (Lipinski definition) is 2. The Morgan fingerprint density at radius 2 is 2.00 bits per heavy atom. The molecule has 0 unspecified atom stereocenters. The van der Waals surface area contributed by atoms with Gasteiger partial charge in [-0.3, -0.25) is 5.41 Å². The van der Waals surface area contributed by atoms with Gasteiger partial charge in [-0.1, -0.05) is 6.07 Å². The summed E-state index contributed by atoms with van der Waals surface area (Å²) >= 11 is 0. The van der Waals surface area contributed by atoms with Crippen LogP contribution in [0.25, 0.3) is 0 Å². The minimum absolute atomic E-state index is 0.242. The van der Waals surface area contributed by atoms with Crippen LogP contribution >= 0.6 is 0 Å². The molecule has 0 heterocycles. The maximum atomic E-state index is 12.3. The topological polar surface area (TPSA) is 53.1 Å². The Bertz CT molecular complexity index is 426. The Kier molecular flexibility index (Phi) is 3.65. The zero-order chi connectivity index (χ0) is 13.2. The molecule has 0 aromatic heterocycles. The van der Waals surface area contributed by atoms with Gasteiger partial charge in [0.2, 0.25) is 0 Å². The van der Waals surface area contributed by atoms with Crippen molar-refractivity contribution in [2.45, 2.75) is 13.1 Å². The Morgan fingerprint density at radius 3 is 2.47 bits per heavy atom. The summed E-state index contributed by atoms with van der Waals surface area (Å²) in [5.41, 5.74) is 6.78. The van der Waals surface area contributed by atoms with Crippen molar-refractivity contribution < 1.29 is 13.2 Å². The number of amidine groups is 1. The summed E-state index contributed by atoms with van der Waals surface area (Å²) < 4.78 is 36.9. The third-order valence-corrected chi connectivity index (χ3v) is 2.27. The SMILES string of the molecule is Cc1ccc(C(=N)N)c(N(C)CC(F)(F)F)c1. The molecule has 94 valence electrons. The Morgan fingerprint density at radius 1 is 1.41 bits per heavy atom. The van der Waals surface area contributed by atoms with Crippen molar-refractivity contribution in [2.75, 3.05) is 18.5 Å². The maximum Gasteiger partial charge on any atom is 0.405 e. The number of hydrogen-bond donors (Lipinski definition) is 2. The molecule has 0 saturated heterocycles. The average molecular weight is 245 g/mol. The highest BCUT2D eigenvalue weighted by molar-refractivity contribution is 6.00. The molecule has 0 bridgehead atoms. The molecule has 3 N–H and O–H groups in total. The van der Waals surface area contributed by atoms with Crippen LogP contribution in [-0.2, 0) is 0 Å². The van der Waals surface area contributed by atoms with E-state index in [4.69, 9.17) is 11.1 Å².